The van der Waals surface area contributed by atoms with Crippen molar-refractivity contribution in [1.29, 1.82) is 0 Å². The van der Waals surface area contributed by atoms with Gasteiger partial charge in [0.25, 0.3) is 6.47 Å². The van der Waals surface area contributed by atoms with Crippen LogP contribution in [-0.2, 0) is 19.1 Å². The van der Waals surface area contributed by atoms with E-state index in [0.717, 1.165) is 11.1 Å². The van der Waals surface area contributed by atoms with Crippen LogP contribution in [0.2, 0.25) is 0 Å². The molecule has 0 unspecified atom stereocenters. The Balaban J connectivity index is 0.00000122. The molecule has 0 heterocycles. The third-order valence-electron chi connectivity index (χ3n) is 3.47. The summed E-state index contributed by atoms with van der Waals surface area (Å²) in [6, 6.07) is 13.1. The van der Waals surface area contributed by atoms with Gasteiger partial charge in [-0.1, -0.05) is 35.4 Å². The molecule has 0 aliphatic rings. The van der Waals surface area contributed by atoms with E-state index in [0.29, 0.717) is 5.56 Å². The summed E-state index contributed by atoms with van der Waals surface area (Å²) in [5.74, 6) is -2.87. The largest absolute Gasteiger partial charge is 0.483 e. The molecule has 0 amide bonds. The highest BCUT2D eigenvalue weighted by Crippen LogP contribution is 2.09. The number of rotatable bonds is 6. The van der Waals surface area contributed by atoms with Gasteiger partial charge in [0.1, 0.15) is 6.61 Å². The molecular formula is C20H20O8. The molecule has 0 saturated heterocycles. The monoisotopic (exact) mass is 388 g/mol. The van der Waals surface area contributed by atoms with Crippen molar-refractivity contribution < 1.29 is 38.9 Å². The summed E-state index contributed by atoms with van der Waals surface area (Å²) < 4.78 is 9.88. The van der Waals surface area contributed by atoms with Crippen LogP contribution in [0.3, 0.4) is 0 Å². The summed E-state index contributed by atoms with van der Waals surface area (Å²) in [5.41, 5.74) is 2.45. The molecule has 0 aromatic heterocycles. The molecule has 1 atom stereocenters. The zero-order valence-corrected chi connectivity index (χ0v) is 15.3. The van der Waals surface area contributed by atoms with Crippen molar-refractivity contribution in [2.75, 3.05) is 6.61 Å². The normalized spacial score (nSPS) is 10.6. The Hall–Kier alpha value is -3.68. The number of carboxylic acids is 1. The van der Waals surface area contributed by atoms with E-state index in [2.05, 4.69) is 0 Å². The average Bonchev–Trinajstić information content (AvgIpc) is 2.66. The summed E-state index contributed by atoms with van der Waals surface area (Å²) >= 11 is 0. The van der Waals surface area contributed by atoms with Gasteiger partial charge in [-0.2, -0.15) is 0 Å². The molecular weight excluding hydrogens is 368 g/mol. The number of benzene rings is 2. The van der Waals surface area contributed by atoms with Gasteiger partial charge >= 0.3 is 17.9 Å². The predicted octanol–water partition coefficient (Wildman–Crippen LogP) is 2.47. The Bertz CT molecular complexity index is 809. The number of hydrogen-bond acceptors (Lipinski definition) is 6. The fraction of sp³-hybridized carbons (Fsp3) is 0.200. The SMILES string of the molecule is Cc1ccc(C(=O)OC[C@@H](OC(=O)c2ccc(C)cc2)C(=O)O)cc1.O=CO. The van der Waals surface area contributed by atoms with Crippen LogP contribution in [0.5, 0.6) is 0 Å². The Kier molecular flexibility index (Phi) is 8.88. The molecule has 8 heteroatoms. The highest BCUT2D eigenvalue weighted by atomic mass is 16.6. The van der Waals surface area contributed by atoms with E-state index >= 15 is 0 Å². The lowest BCUT2D eigenvalue weighted by Gasteiger charge is -2.14. The first-order valence-corrected chi connectivity index (χ1v) is 8.10. The third kappa shape index (κ3) is 7.28. The fourth-order valence-corrected chi connectivity index (χ4v) is 1.97. The molecule has 28 heavy (non-hydrogen) atoms. The number of hydrogen-bond donors (Lipinski definition) is 2. The van der Waals surface area contributed by atoms with Gasteiger partial charge < -0.3 is 19.7 Å². The van der Waals surface area contributed by atoms with Crippen molar-refractivity contribution in [3.8, 4) is 0 Å². The molecule has 0 radical (unpaired) electrons. The molecule has 8 nitrogen and oxygen atoms in total. The maximum absolute atomic E-state index is 12.0. The van der Waals surface area contributed by atoms with Gasteiger partial charge in [0, 0.05) is 0 Å². The fourth-order valence-electron chi connectivity index (χ4n) is 1.97. The highest BCUT2D eigenvalue weighted by Gasteiger charge is 2.25. The molecule has 0 bridgehead atoms. The molecule has 0 aliphatic carbocycles. The Morgan fingerprint density at radius 1 is 0.893 bits per heavy atom. The maximum atomic E-state index is 12.0. The maximum Gasteiger partial charge on any atom is 0.348 e. The summed E-state index contributed by atoms with van der Waals surface area (Å²) in [6.45, 7) is 2.92. The smallest absolute Gasteiger partial charge is 0.348 e. The lowest BCUT2D eigenvalue weighted by Crippen LogP contribution is -2.32. The third-order valence-corrected chi connectivity index (χ3v) is 3.47. The van der Waals surface area contributed by atoms with Gasteiger partial charge in [-0.15, -0.1) is 0 Å². The average molecular weight is 388 g/mol. The number of carbonyl (C=O) groups is 4. The minimum atomic E-state index is -1.58. The minimum absolute atomic E-state index is 0.224. The van der Waals surface area contributed by atoms with E-state index in [1.54, 1.807) is 36.4 Å². The zero-order chi connectivity index (χ0) is 21.1. The Morgan fingerprint density at radius 3 is 1.68 bits per heavy atom. The first-order valence-electron chi connectivity index (χ1n) is 8.10. The van der Waals surface area contributed by atoms with Gasteiger partial charge in [-0.3, -0.25) is 4.79 Å². The number of esters is 2. The number of carbonyl (C=O) groups excluding carboxylic acids is 2. The first kappa shape index (κ1) is 22.4. The number of carboxylic acid groups (broad SMARTS) is 2. The molecule has 2 aromatic carbocycles. The topological polar surface area (TPSA) is 127 Å². The van der Waals surface area contributed by atoms with Gasteiger partial charge in [0.15, 0.2) is 0 Å². The molecule has 2 aromatic rings. The second kappa shape index (κ2) is 11.1. The van der Waals surface area contributed by atoms with Crippen LogP contribution >= 0.6 is 0 Å². The van der Waals surface area contributed by atoms with Gasteiger partial charge in [0.2, 0.25) is 6.10 Å². The number of aryl methyl sites for hydroxylation is 2. The van der Waals surface area contributed by atoms with Crippen molar-refractivity contribution in [3.63, 3.8) is 0 Å². The zero-order valence-electron chi connectivity index (χ0n) is 15.3. The van der Waals surface area contributed by atoms with Crippen LogP contribution in [0.4, 0.5) is 0 Å². The second-order valence-electron chi connectivity index (χ2n) is 5.67. The Morgan fingerprint density at radius 2 is 1.29 bits per heavy atom. The van der Waals surface area contributed by atoms with E-state index in [-0.39, 0.29) is 12.0 Å². The van der Waals surface area contributed by atoms with Crippen LogP contribution in [0.15, 0.2) is 48.5 Å². The van der Waals surface area contributed by atoms with Crippen molar-refractivity contribution in [3.05, 3.63) is 70.8 Å². The summed E-state index contributed by atoms with van der Waals surface area (Å²) in [5, 5.41) is 16.1. The van der Waals surface area contributed by atoms with Crippen LogP contribution in [0, 0.1) is 13.8 Å². The molecule has 2 rings (SSSR count). The Labute approximate surface area is 161 Å². The van der Waals surface area contributed by atoms with Crippen LogP contribution in [0.1, 0.15) is 31.8 Å². The first-order chi connectivity index (χ1) is 13.3. The molecule has 0 fully saturated rings. The van der Waals surface area contributed by atoms with Crippen LogP contribution in [0.25, 0.3) is 0 Å². The van der Waals surface area contributed by atoms with E-state index < -0.39 is 30.6 Å². The quantitative estimate of drug-likeness (QED) is 0.571. The number of ether oxygens (including phenoxy) is 2. The van der Waals surface area contributed by atoms with Crippen molar-refractivity contribution >= 4 is 24.4 Å². The second-order valence-corrected chi connectivity index (χ2v) is 5.67. The minimum Gasteiger partial charge on any atom is -0.483 e. The van der Waals surface area contributed by atoms with E-state index in [1.165, 1.54) is 12.1 Å². The van der Waals surface area contributed by atoms with Crippen molar-refractivity contribution in [1.82, 2.24) is 0 Å². The van der Waals surface area contributed by atoms with E-state index in [9.17, 15) is 14.4 Å². The molecule has 0 spiro atoms. The molecule has 0 saturated carbocycles. The molecule has 0 aliphatic heterocycles. The standard InChI is InChI=1S/C19H18O6.CH2O2/c1-12-3-7-14(8-4-12)18(22)24-11-16(17(20)21)25-19(23)15-9-5-13(2)6-10-15;2-1-3/h3-10,16H,11H2,1-2H3,(H,20,21);1H,(H,2,3)/t16-;/m1./s1. The van der Waals surface area contributed by atoms with E-state index in [1.807, 2.05) is 13.8 Å². The predicted molar refractivity (Wildman–Crippen MR) is 98.2 cm³/mol. The summed E-state index contributed by atoms with van der Waals surface area (Å²) in [6.07, 6.45) is -1.58. The van der Waals surface area contributed by atoms with E-state index in [4.69, 9.17) is 24.5 Å². The van der Waals surface area contributed by atoms with Crippen LogP contribution in [-0.4, -0.2) is 47.3 Å². The van der Waals surface area contributed by atoms with Crippen LogP contribution < -0.4 is 0 Å². The number of aliphatic carboxylic acids is 1. The lowest BCUT2D eigenvalue weighted by molar-refractivity contribution is -0.149. The summed E-state index contributed by atoms with van der Waals surface area (Å²) in [7, 11) is 0. The van der Waals surface area contributed by atoms with Gasteiger partial charge in [-0.05, 0) is 38.1 Å². The lowest BCUT2D eigenvalue weighted by atomic mass is 10.1. The van der Waals surface area contributed by atoms with Gasteiger partial charge in [0.05, 0.1) is 11.1 Å². The molecule has 2 N–H and O–H groups in total. The van der Waals surface area contributed by atoms with Crippen molar-refractivity contribution in [2.24, 2.45) is 0 Å². The highest BCUT2D eigenvalue weighted by molar-refractivity contribution is 5.92. The summed E-state index contributed by atoms with van der Waals surface area (Å²) in [4.78, 5) is 43.5. The molecule has 148 valence electrons. The van der Waals surface area contributed by atoms with Gasteiger partial charge in [-0.25, -0.2) is 14.4 Å². The van der Waals surface area contributed by atoms with Crippen molar-refractivity contribution in [2.45, 2.75) is 20.0 Å².